The van der Waals surface area contributed by atoms with Gasteiger partial charge in [-0.25, -0.2) is 4.98 Å². The molecular formula is C22H21N3O2. The Morgan fingerprint density at radius 3 is 2.11 bits per heavy atom. The van der Waals surface area contributed by atoms with Crippen LogP contribution in [-0.2, 0) is 0 Å². The molecule has 27 heavy (non-hydrogen) atoms. The van der Waals surface area contributed by atoms with Crippen molar-refractivity contribution in [2.75, 3.05) is 31.1 Å². The molecule has 4 rings (SSSR count). The van der Waals surface area contributed by atoms with Gasteiger partial charge in [0.15, 0.2) is 0 Å². The van der Waals surface area contributed by atoms with Crippen molar-refractivity contribution >= 4 is 11.6 Å². The van der Waals surface area contributed by atoms with E-state index in [0.29, 0.717) is 24.5 Å². The Balaban J connectivity index is 1.36. The monoisotopic (exact) mass is 359 g/mol. The number of ether oxygens (including phenoxy) is 1. The van der Waals surface area contributed by atoms with E-state index in [-0.39, 0.29) is 5.91 Å². The number of pyridine rings is 1. The van der Waals surface area contributed by atoms with Crippen molar-refractivity contribution in [3.63, 3.8) is 0 Å². The van der Waals surface area contributed by atoms with Crippen molar-refractivity contribution in [2.24, 2.45) is 0 Å². The van der Waals surface area contributed by atoms with Gasteiger partial charge in [0.1, 0.15) is 5.75 Å². The zero-order valence-corrected chi connectivity index (χ0v) is 15.0. The number of nitrogens with zero attached hydrogens (tertiary/aromatic N) is 3. The van der Waals surface area contributed by atoms with E-state index >= 15 is 0 Å². The summed E-state index contributed by atoms with van der Waals surface area (Å²) in [6.45, 7) is 3.07. The summed E-state index contributed by atoms with van der Waals surface area (Å²) in [5, 5.41) is 0. The second-order valence-electron chi connectivity index (χ2n) is 6.42. The molecular weight excluding hydrogens is 338 g/mol. The molecule has 136 valence electrons. The van der Waals surface area contributed by atoms with E-state index in [1.165, 1.54) is 5.69 Å². The number of rotatable bonds is 4. The largest absolute Gasteiger partial charge is 0.439 e. The molecule has 0 aliphatic carbocycles. The minimum absolute atomic E-state index is 0.0153. The van der Waals surface area contributed by atoms with Gasteiger partial charge in [0.2, 0.25) is 5.88 Å². The van der Waals surface area contributed by atoms with Crippen LogP contribution in [0.25, 0.3) is 0 Å². The van der Waals surface area contributed by atoms with Crippen LogP contribution in [0.1, 0.15) is 10.4 Å². The van der Waals surface area contributed by atoms with E-state index in [0.717, 1.165) is 18.8 Å². The van der Waals surface area contributed by atoms with Gasteiger partial charge in [-0.05, 0) is 30.3 Å². The van der Waals surface area contributed by atoms with Crippen LogP contribution in [0.15, 0.2) is 79.0 Å². The Kier molecular flexibility index (Phi) is 5.01. The molecule has 0 atom stereocenters. The van der Waals surface area contributed by atoms with Gasteiger partial charge in [0, 0.05) is 44.1 Å². The fourth-order valence-electron chi connectivity index (χ4n) is 3.17. The normalized spacial score (nSPS) is 14.1. The lowest BCUT2D eigenvalue weighted by Crippen LogP contribution is -2.48. The number of hydrogen-bond donors (Lipinski definition) is 0. The molecule has 5 heteroatoms. The molecule has 2 heterocycles. The third-order valence-corrected chi connectivity index (χ3v) is 4.64. The summed E-state index contributed by atoms with van der Waals surface area (Å²) in [6, 6.07) is 23.3. The summed E-state index contributed by atoms with van der Waals surface area (Å²) < 4.78 is 5.68. The van der Waals surface area contributed by atoms with E-state index in [2.05, 4.69) is 22.0 Å². The van der Waals surface area contributed by atoms with Gasteiger partial charge in [0.05, 0.1) is 5.56 Å². The first kappa shape index (κ1) is 17.1. The van der Waals surface area contributed by atoms with Gasteiger partial charge < -0.3 is 14.5 Å². The second kappa shape index (κ2) is 7.91. The van der Waals surface area contributed by atoms with Crippen LogP contribution in [-0.4, -0.2) is 42.0 Å². The van der Waals surface area contributed by atoms with Gasteiger partial charge in [-0.1, -0.05) is 36.4 Å². The zero-order valence-electron chi connectivity index (χ0n) is 15.0. The molecule has 0 N–H and O–H groups in total. The summed E-state index contributed by atoms with van der Waals surface area (Å²) in [5.41, 5.74) is 1.79. The maximum Gasteiger partial charge on any atom is 0.255 e. The molecule has 0 spiro atoms. The molecule has 2 aromatic carbocycles. The summed E-state index contributed by atoms with van der Waals surface area (Å²) in [5.74, 6) is 1.22. The lowest BCUT2D eigenvalue weighted by molar-refractivity contribution is 0.0746. The highest BCUT2D eigenvalue weighted by Gasteiger charge is 2.22. The van der Waals surface area contributed by atoms with Crippen LogP contribution in [0.4, 0.5) is 5.69 Å². The summed E-state index contributed by atoms with van der Waals surface area (Å²) >= 11 is 0. The lowest BCUT2D eigenvalue weighted by atomic mass is 10.2. The average Bonchev–Trinajstić information content (AvgIpc) is 2.75. The Labute approximate surface area is 158 Å². The predicted octanol–water partition coefficient (Wildman–Crippen LogP) is 3.84. The average molecular weight is 359 g/mol. The highest BCUT2D eigenvalue weighted by Crippen LogP contribution is 2.20. The number of carbonyl (C=O) groups excluding carboxylic acids is 1. The second-order valence-corrected chi connectivity index (χ2v) is 6.42. The summed E-state index contributed by atoms with van der Waals surface area (Å²) in [6.07, 6.45) is 1.59. The topological polar surface area (TPSA) is 45.7 Å². The lowest BCUT2D eigenvalue weighted by Gasteiger charge is -2.36. The van der Waals surface area contributed by atoms with Crippen LogP contribution in [0, 0.1) is 0 Å². The Bertz CT molecular complexity index is 874. The maximum atomic E-state index is 12.7. The van der Waals surface area contributed by atoms with E-state index in [1.54, 1.807) is 18.3 Å². The van der Waals surface area contributed by atoms with E-state index in [1.807, 2.05) is 53.4 Å². The van der Waals surface area contributed by atoms with Crippen LogP contribution in [0.2, 0.25) is 0 Å². The maximum absolute atomic E-state index is 12.7. The van der Waals surface area contributed by atoms with Crippen molar-refractivity contribution in [1.29, 1.82) is 0 Å². The molecule has 1 saturated heterocycles. The first-order valence-electron chi connectivity index (χ1n) is 9.08. The molecule has 0 saturated carbocycles. The fraction of sp³-hybridized carbons (Fsp3) is 0.182. The molecule has 1 aromatic heterocycles. The fourth-order valence-corrected chi connectivity index (χ4v) is 3.17. The van der Waals surface area contributed by atoms with Gasteiger partial charge in [0.25, 0.3) is 5.91 Å². The van der Waals surface area contributed by atoms with Gasteiger partial charge in [-0.15, -0.1) is 0 Å². The van der Waals surface area contributed by atoms with Crippen molar-refractivity contribution in [2.45, 2.75) is 0 Å². The van der Waals surface area contributed by atoms with Crippen molar-refractivity contribution in [1.82, 2.24) is 9.88 Å². The van der Waals surface area contributed by atoms with Crippen LogP contribution < -0.4 is 9.64 Å². The molecule has 0 radical (unpaired) electrons. The molecule has 0 bridgehead atoms. The number of anilines is 1. The zero-order chi connectivity index (χ0) is 18.5. The number of amides is 1. The van der Waals surface area contributed by atoms with Crippen molar-refractivity contribution in [3.8, 4) is 11.6 Å². The summed E-state index contributed by atoms with van der Waals surface area (Å²) in [4.78, 5) is 21.2. The first-order chi connectivity index (χ1) is 13.3. The number of piperazine rings is 1. The van der Waals surface area contributed by atoms with E-state index in [9.17, 15) is 4.79 Å². The Hall–Kier alpha value is -3.34. The van der Waals surface area contributed by atoms with Crippen LogP contribution in [0.5, 0.6) is 11.6 Å². The molecule has 1 aliphatic rings. The number of hydrogen-bond acceptors (Lipinski definition) is 4. The highest BCUT2D eigenvalue weighted by atomic mass is 16.5. The van der Waals surface area contributed by atoms with E-state index in [4.69, 9.17) is 4.74 Å². The van der Waals surface area contributed by atoms with Gasteiger partial charge in [-0.3, -0.25) is 4.79 Å². The van der Waals surface area contributed by atoms with Crippen LogP contribution >= 0.6 is 0 Å². The molecule has 5 nitrogen and oxygen atoms in total. The highest BCUT2D eigenvalue weighted by molar-refractivity contribution is 5.94. The standard InChI is InChI=1S/C22H21N3O2/c26-22(25-15-13-24(14-16-25)19-7-3-1-4-8-19)18-11-12-21(23-17-18)27-20-9-5-2-6-10-20/h1-12,17H,13-16H2. The molecule has 0 unspecified atom stereocenters. The van der Waals surface area contributed by atoms with E-state index < -0.39 is 0 Å². The van der Waals surface area contributed by atoms with Crippen LogP contribution in [0.3, 0.4) is 0 Å². The van der Waals surface area contributed by atoms with Crippen molar-refractivity contribution in [3.05, 3.63) is 84.6 Å². The molecule has 1 amide bonds. The smallest absolute Gasteiger partial charge is 0.255 e. The SMILES string of the molecule is O=C(c1ccc(Oc2ccccc2)nc1)N1CCN(c2ccccc2)CC1. The first-order valence-corrected chi connectivity index (χ1v) is 9.08. The number of carbonyl (C=O) groups is 1. The minimum Gasteiger partial charge on any atom is -0.439 e. The number of aromatic nitrogens is 1. The molecule has 3 aromatic rings. The molecule has 1 aliphatic heterocycles. The number of benzene rings is 2. The van der Waals surface area contributed by atoms with Gasteiger partial charge >= 0.3 is 0 Å². The third-order valence-electron chi connectivity index (χ3n) is 4.64. The Morgan fingerprint density at radius 2 is 1.48 bits per heavy atom. The third kappa shape index (κ3) is 4.08. The summed E-state index contributed by atoms with van der Waals surface area (Å²) in [7, 11) is 0. The Morgan fingerprint density at radius 1 is 0.815 bits per heavy atom. The minimum atomic E-state index is 0.0153. The predicted molar refractivity (Wildman–Crippen MR) is 105 cm³/mol. The quantitative estimate of drug-likeness (QED) is 0.710. The number of para-hydroxylation sites is 2. The van der Waals surface area contributed by atoms with Gasteiger partial charge in [-0.2, -0.15) is 0 Å². The van der Waals surface area contributed by atoms with Crippen molar-refractivity contribution < 1.29 is 9.53 Å². The molecule has 1 fully saturated rings.